The van der Waals surface area contributed by atoms with Gasteiger partial charge in [0, 0.05) is 24.6 Å². The van der Waals surface area contributed by atoms with Crippen LogP contribution in [-0.4, -0.2) is 55.8 Å². The number of amides is 1. The number of aromatic nitrogens is 2. The molecule has 11 nitrogen and oxygen atoms in total. The zero-order valence-electron chi connectivity index (χ0n) is 19.8. The lowest BCUT2D eigenvalue weighted by molar-refractivity contribution is -0.148. The molecule has 35 heavy (non-hydrogen) atoms. The number of carbonyl (C=O) groups excluding carboxylic acids is 2. The summed E-state index contributed by atoms with van der Waals surface area (Å²) in [7, 11) is 2.94. The van der Waals surface area contributed by atoms with Gasteiger partial charge in [-0.05, 0) is 25.8 Å². The Kier molecular flexibility index (Phi) is 6.91. The lowest BCUT2D eigenvalue weighted by atomic mass is 9.78. The van der Waals surface area contributed by atoms with Crippen LogP contribution in [0.5, 0.6) is 11.5 Å². The molecule has 1 fully saturated rings. The van der Waals surface area contributed by atoms with Gasteiger partial charge in [0.25, 0.3) is 5.56 Å². The molecule has 0 aliphatic carbocycles. The van der Waals surface area contributed by atoms with E-state index in [4.69, 9.17) is 14.2 Å². The van der Waals surface area contributed by atoms with E-state index in [0.29, 0.717) is 55.5 Å². The first-order chi connectivity index (χ1) is 16.9. The van der Waals surface area contributed by atoms with Crippen molar-refractivity contribution in [3.63, 3.8) is 0 Å². The molecule has 0 saturated carbocycles. The molecule has 1 amide bonds. The molecule has 1 aromatic heterocycles. The van der Waals surface area contributed by atoms with Crippen molar-refractivity contribution in [2.24, 2.45) is 11.8 Å². The van der Waals surface area contributed by atoms with E-state index in [1.807, 2.05) is 11.0 Å². The number of carbonyl (C=O) groups is 2. The number of ether oxygens (including phenoxy) is 3. The van der Waals surface area contributed by atoms with E-state index < -0.39 is 23.3 Å². The molecule has 2 aliphatic rings. The maximum Gasteiger partial charge on any atom is 0.309 e. The molecule has 2 atom stereocenters. The first-order valence-electron chi connectivity index (χ1n) is 11.4. The van der Waals surface area contributed by atoms with Crippen LogP contribution in [0.25, 0.3) is 0 Å². The van der Waals surface area contributed by atoms with Gasteiger partial charge in [0.1, 0.15) is 11.7 Å². The van der Waals surface area contributed by atoms with Crippen molar-refractivity contribution in [2.75, 3.05) is 44.1 Å². The van der Waals surface area contributed by atoms with Gasteiger partial charge in [0.05, 0.1) is 38.4 Å². The highest BCUT2D eigenvalue weighted by atomic mass is 16.5. The third-order valence-corrected chi connectivity index (χ3v) is 6.43. The minimum Gasteiger partial charge on any atom is -0.493 e. The molecular weight excluding hydrogens is 454 g/mol. The minimum absolute atomic E-state index is 0.0997. The lowest BCUT2D eigenvalue weighted by Gasteiger charge is -2.33. The molecular formula is C24H27N5O6. The van der Waals surface area contributed by atoms with Gasteiger partial charge in [-0.15, -0.1) is 0 Å². The summed E-state index contributed by atoms with van der Waals surface area (Å²) in [4.78, 5) is 47.5. The number of nitrogens with one attached hydrogen (secondary N) is 2. The molecule has 0 bridgehead atoms. The number of piperidine rings is 1. The van der Waals surface area contributed by atoms with E-state index in [1.165, 1.54) is 14.2 Å². The zero-order valence-corrected chi connectivity index (χ0v) is 19.8. The Labute approximate surface area is 202 Å². The summed E-state index contributed by atoms with van der Waals surface area (Å²) in [5, 5.41) is 12.4. The molecule has 2 aromatic rings. The summed E-state index contributed by atoms with van der Waals surface area (Å²) < 4.78 is 16.0. The van der Waals surface area contributed by atoms with E-state index in [0.717, 1.165) is 0 Å². The van der Waals surface area contributed by atoms with E-state index in [2.05, 4.69) is 15.3 Å². The van der Waals surface area contributed by atoms with Crippen molar-refractivity contribution in [3.05, 3.63) is 39.7 Å². The van der Waals surface area contributed by atoms with Gasteiger partial charge in [0.2, 0.25) is 11.9 Å². The van der Waals surface area contributed by atoms with Crippen molar-refractivity contribution in [1.82, 2.24) is 9.97 Å². The molecule has 2 aliphatic heterocycles. The second kappa shape index (κ2) is 10.0. The fraction of sp³-hybridized carbons (Fsp3) is 0.458. The topological polar surface area (TPSA) is 147 Å². The minimum atomic E-state index is -1.17. The van der Waals surface area contributed by atoms with Crippen LogP contribution in [-0.2, 0) is 14.3 Å². The summed E-state index contributed by atoms with van der Waals surface area (Å²) in [6.45, 7) is 3.09. The first-order valence-corrected chi connectivity index (χ1v) is 11.4. The van der Waals surface area contributed by atoms with Crippen LogP contribution in [0.1, 0.15) is 36.8 Å². The third kappa shape index (κ3) is 4.39. The standard InChI is InChI=1S/C24H27N5O6/c1-4-35-23(32)13-8-10-29(11-9-13)24-27-20-18(22(31)28-24)17(15(12-25)21(30)26-20)14-6-5-7-16(33-2)19(14)34-3/h5-7,13,15,17H,4,8-11H2,1-3H3,(H2,26,27,28,30,31). The van der Waals surface area contributed by atoms with Gasteiger partial charge < -0.3 is 24.4 Å². The number of aromatic amines is 1. The number of anilines is 2. The number of H-pyrrole nitrogens is 1. The fourth-order valence-electron chi connectivity index (χ4n) is 4.73. The number of methoxy groups -OCH3 is 2. The molecule has 2 unspecified atom stereocenters. The molecule has 0 spiro atoms. The van der Waals surface area contributed by atoms with Gasteiger partial charge in [0.15, 0.2) is 11.5 Å². The lowest BCUT2D eigenvalue weighted by Crippen LogP contribution is -2.41. The van der Waals surface area contributed by atoms with Crippen molar-refractivity contribution in [3.8, 4) is 17.6 Å². The molecule has 3 heterocycles. The van der Waals surface area contributed by atoms with Crippen LogP contribution < -0.4 is 25.2 Å². The Balaban J connectivity index is 1.72. The smallest absolute Gasteiger partial charge is 0.309 e. The van der Waals surface area contributed by atoms with E-state index in [9.17, 15) is 19.6 Å². The summed E-state index contributed by atoms with van der Waals surface area (Å²) in [6.07, 6.45) is 1.12. The molecule has 184 valence electrons. The number of nitrogens with zero attached hydrogens (tertiary/aromatic N) is 3. The van der Waals surface area contributed by atoms with Gasteiger partial charge in [-0.2, -0.15) is 10.2 Å². The van der Waals surface area contributed by atoms with Gasteiger partial charge >= 0.3 is 5.97 Å². The monoisotopic (exact) mass is 481 g/mol. The average Bonchev–Trinajstić information content (AvgIpc) is 2.87. The molecule has 4 rings (SSSR count). The number of hydrogen-bond donors (Lipinski definition) is 2. The quantitative estimate of drug-likeness (QED) is 0.589. The van der Waals surface area contributed by atoms with Gasteiger partial charge in [-0.1, -0.05) is 12.1 Å². The van der Waals surface area contributed by atoms with Crippen LogP contribution in [0.4, 0.5) is 11.8 Å². The number of hydrogen-bond acceptors (Lipinski definition) is 9. The molecule has 1 aromatic carbocycles. The SMILES string of the molecule is CCOC(=O)C1CCN(c2nc3c(c(=O)[nH]2)C(c2cccc(OC)c2OC)C(C#N)C(=O)N3)CC1. The normalized spacial score (nSPS) is 19.8. The zero-order chi connectivity index (χ0) is 25.1. The summed E-state index contributed by atoms with van der Waals surface area (Å²) in [5.74, 6) is -1.90. The summed E-state index contributed by atoms with van der Waals surface area (Å²) in [6, 6.07) is 7.12. The summed E-state index contributed by atoms with van der Waals surface area (Å²) >= 11 is 0. The molecule has 1 saturated heterocycles. The number of benzene rings is 1. The Morgan fingerprint density at radius 3 is 2.60 bits per heavy atom. The maximum atomic E-state index is 13.4. The number of nitriles is 1. The predicted molar refractivity (Wildman–Crippen MR) is 126 cm³/mol. The van der Waals surface area contributed by atoms with Crippen LogP contribution in [0, 0.1) is 23.2 Å². The van der Waals surface area contributed by atoms with E-state index in [1.54, 1.807) is 25.1 Å². The van der Waals surface area contributed by atoms with Crippen LogP contribution in [0.2, 0.25) is 0 Å². The first kappa shape index (κ1) is 24.1. The third-order valence-electron chi connectivity index (χ3n) is 6.43. The molecule has 11 heteroatoms. The number of para-hydroxylation sites is 1. The van der Waals surface area contributed by atoms with Gasteiger partial charge in [-0.25, -0.2) is 0 Å². The van der Waals surface area contributed by atoms with Crippen molar-refractivity contribution >= 4 is 23.6 Å². The van der Waals surface area contributed by atoms with Crippen molar-refractivity contribution in [2.45, 2.75) is 25.7 Å². The Morgan fingerprint density at radius 2 is 1.97 bits per heavy atom. The van der Waals surface area contributed by atoms with Gasteiger partial charge in [-0.3, -0.25) is 19.4 Å². The average molecular weight is 482 g/mol. The highest BCUT2D eigenvalue weighted by molar-refractivity contribution is 5.98. The fourth-order valence-corrected chi connectivity index (χ4v) is 4.73. The van der Waals surface area contributed by atoms with E-state index >= 15 is 0 Å². The number of esters is 1. The molecule has 0 radical (unpaired) electrons. The molecule has 2 N–H and O–H groups in total. The van der Waals surface area contributed by atoms with Crippen molar-refractivity contribution in [1.29, 1.82) is 5.26 Å². The largest absolute Gasteiger partial charge is 0.493 e. The van der Waals surface area contributed by atoms with Crippen molar-refractivity contribution < 1.29 is 23.8 Å². The Hall–Kier alpha value is -4.07. The second-order valence-electron chi connectivity index (χ2n) is 8.32. The summed E-state index contributed by atoms with van der Waals surface area (Å²) in [5.41, 5.74) is 0.185. The number of rotatable bonds is 6. The maximum absolute atomic E-state index is 13.4. The highest BCUT2D eigenvalue weighted by Gasteiger charge is 2.42. The predicted octanol–water partition coefficient (Wildman–Crippen LogP) is 1.79. The van der Waals surface area contributed by atoms with Crippen LogP contribution in [0.15, 0.2) is 23.0 Å². The number of fused-ring (bicyclic) bond motifs is 1. The Morgan fingerprint density at radius 1 is 1.23 bits per heavy atom. The van der Waals surface area contributed by atoms with Crippen LogP contribution in [0.3, 0.4) is 0 Å². The highest BCUT2D eigenvalue weighted by Crippen LogP contribution is 2.44. The van der Waals surface area contributed by atoms with Crippen LogP contribution >= 0.6 is 0 Å². The van der Waals surface area contributed by atoms with E-state index in [-0.39, 0.29) is 23.3 Å². The second-order valence-corrected chi connectivity index (χ2v) is 8.32. The Bertz CT molecular complexity index is 1230.